The summed E-state index contributed by atoms with van der Waals surface area (Å²) in [5.41, 5.74) is 2.85. The molecule has 0 unspecified atom stereocenters. The van der Waals surface area contributed by atoms with E-state index in [4.69, 9.17) is 21.3 Å². The number of thiazole rings is 1. The number of urea groups is 1. The van der Waals surface area contributed by atoms with E-state index in [1.165, 1.54) is 0 Å². The average molecular weight is 431 g/mol. The smallest absolute Gasteiger partial charge is 0.321 e. The first kappa shape index (κ1) is 19.8. The number of carbonyl (C=O) groups is 1. The summed E-state index contributed by atoms with van der Waals surface area (Å²) >= 11 is 7.95. The van der Waals surface area contributed by atoms with Gasteiger partial charge in [-0.25, -0.2) is 9.78 Å². The molecule has 152 valence electrons. The van der Waals surface area contributed by atoms with Gasteiger partial charge in [0, 0.05) is 31.9 Å². The fourth-order valence-corrected chi connectivity index (χ4v) is 4.70. The first-order valence-electron chi connectivity index (χ1n) is 9.64. The Kier molecular flexibility index (Phi) is 5.78. The van der Waals surface area contributed by atoms with Crippen LogP contribution < -0.4 is 15.0 Å². The van der Waals surface area contributed by atoms with E-state index in [0.29, 0.717) is 19.7 Å². The number of amides is 2. The SMILES string of the molecule is CCOc1ccc(NC(=O)N2CCN(c3nc4c(C)ccc(Cl)c4s3)CC2)cc1. The first-order chi connectivity index (χ1) is 14.0. The lowest BCUT2D eigenvalue weighted by molar-refractivity contribution is 0.208. The van der Waals surface area contributed by atoms with Gasteiger partial charge in [0.25, 0.3) is 0 Å². The summed E-state index contributed by atoms with van der Waals surface area (Å²) in [6.45, 7) is 7.39. The molecule has 1 fully saturated rings. The van der Waals surface area contributed by atoms with Gasteiger partial charge in [0.2, 0.25) is 0 Å². The van der Waals surface area contributed by atoms with Crippen LogP contribution in [0.2, 0.25) is 5.02 Å². The molecule has 3 aromatic rings. The Morgan fingerprint density at radius 3 is 2.55 bits per heavy atom. The fraction of sp³-hybridized carbons (Fsp3) is 0.333. The zero-order chi connectivity index (χ0) is 20.4. The summed E-state index contributed by atoms with van der Waals surface area (Å²) in [7, 11) is 0. The summed E-state index contributed by atoms with van der Waals surface area (Å²) in [4.78, 5) is 21.4. The number of ether oxygens (including phenoxy) is 1. The molecule has 0 aliphatic carbocycles. The summed E-state index contributed by atoms with van der Waals surface area (Å²) in [5, 5.41) is 4.65. The third kappa shape index (κ3) is 4.26. The minimum Gasteiger partial charge on any atom is -0.494 e. The van der Waals surface area contributed by atoms with Gasteiger partial charge in [0.05, 0.1) is 21.8 Å². The molecule has 1 aliphatic rings. The Hall–Kier alpha value is -2.51. The van der Waals surface area contributed by atoms with Gasteiger partial charge in [0.15, 0.2) is 5.13 Å². The Bertz CT molecular complexity index is 974. The van der Waals surface area contributed by atoms with Crippen LogP contribution in [0.3, 0.4) is 0 Å². The van der Waals surface area contributed by atoms with E-state index in [1.807, 2.05) is 55.1 Å². The van der Waals surface area contributed by atoms with Crippen molar-refractivity contribution in [1.82, 2.24) is 9.88 Å². The number of aryl methyl sites for hydroxylation is 1. The highest BCUT2D eigenvalue weighted by atomic mass is 35.5. The maximum atomic E-state index is 12.6. The van der Waals surface area contributed by atoms with Gasteiger partial charge < -0.3 is 19.9 Å². The minimum absolute atomic E-state index is 0.0861. The van der Waals surface area contributed by atoms with Crippen molar-refractivity contribution in [3.05, 3.63) is 47.0 Å². The largest absolute Gasteiger partial charge is 0.494 e. The molecule has 29 heavy (non-hydrogen) atoms. The minimum atomic E-state index is -0.0861. The maximum absolute atomic E-state index is 12.6. The van der Waals surface area contributed by atoms with E-state index in [1.54, 1.807) is 11.3 Å². The molecule has 0 saturated carbocycles. The maximum Gasteiger partial charge on any atom is 0.321 e. The zero-order valence-corrected chi connectivity index (χ0v) is 18.0. The third-order valence-corrected chi connectivity index (χ3v) is 6.52. The monoisotopic (exact) mass is 430 g/mol. The average Bonchev–Trinajstić information content (AvgIpc) is 3.19. The molecule has 2 aromatic carbocycles. The molecule has 6 nitrogen and oxygen atoms in total. The van der Waals surface area contributed by atoms with Crippen molar-refractivity contribution in [2.24, 2.45) is 0 Å². The van der Waals surface area contributed by atoms with Crippen molar-refractivity contribution in [3.8, 4) is 5.75 Å². The number of anilines is 2. The van der Waals surface area contributed by atoms with E-state index in [0.717, 1.165) is 50.5 Å². The van der Waals surface area contributed by atoms with Crippen molar-refractivity contribution in [2.75, 3.05) is 43.0 Å². The normalized spacial score (nSPS) is 14.3. The van der Waals surface area contributed by atoms with Crippen LogP contribution >= 0.6 is 22.9 Å². The quantitative estimate of drug-likeness (QED) is 0.632. The van der Waals surface area contributed by atoms with Crippen molar-refractivity contribution in [2.45, 2.75) is 13.8 Å². The van der Waals surface area contributed by atoms with Crippen molar-refractivity contribution < 1.29 is 9.53 Å². The van der Waals surface area contributed by atoms with Gasteiger partial charge in [-0.3, -0.25) is 0 Å². The molecular weight excluding hydrogens is 408 g/mol. The Balaban J connectivity index is 1.37. The number of rotatable bonds is 4. The van der Waals surface area contributed by atoms with Crippen LogP contribution in [0.4, 0.5) is 15.6 Å². The molecule has 0 spiro atoms. The molecule has 4 rings (SSSR count). The third-order valence-electron chi connectivity index (χ3n) is 4.94. The lowest BCUT2D eigenvalue weighted by Gasteiger charge is -2.34. The summed E-state index contributed by atoms with van der Waals surface area (Å²) in [6, 6.07) is 11.3. The number of hydrogen-bond donors (Lipinski definition) is 1. The van der Waals surface area contributed by atoms with Crippen LogP contribution in [-0.2, 0) is 0 Å². The van der Waals surface area contributed by atoms with E-state index >= 15 is 0 Å². The van der Waals surface area contributed by atoms with Crippen LogP contribution in [0.5, 0.6) is 5.75 Å². The first-order valence-corrected chi connectivity index (χ1v) is 10.8. The number of halogens is 1. The number of piperazine rings is 1. The Morgan fingerprint density at radius 2 is 1.90 bits per heavy atom. The van der Waals surface area contributed by atoms with E-state index in [2.05, 4.69) is 10.2 Å². The topological polar surface area (TPSA) is 57.7 Å². The summed E-state index contributed by atoms with van der Waals surface area (Å²) < 4.78 is 6.46. The predicted molar refractivity (Wildman–Crippen MR) is 120 cm³/mol. The predicted octanol–water partition coefficient (Wildman–Crippen LogP) is 5.01. The van der Waals surface area contributed by atoms with Gasteiger partial charge >= 0.3 is 6.03 Å². The second-order valence-electron chi connectivity index (χ2n) is 6.90. The number of hydrogen-bond acceptors (Lipinski definition) is 5. The molecule has 2 amide bonds. The van der Waals surface area contributed by atoms with Crippen molar-refractivity contribution >= 4 is 50.0 Å². The molecule has 1 saturated heterocycles. The fourth-order valence-electron chi connectivity index (χ4n) is 3.33. The van der Waals surface area contributed by atoms with Gasteiger partial charge in [-0.05, 0) is 49.7 Å². The van der Waals surface area contributed by atoms with E-state index in [-0.39, 0.29) is 6.03 Å². The van der Waals surface area contributed by atoms with Crippen molar-refractivity contribution in [1.29, 1.82) is 0 Å². The molecule has 1 N–H and O–H groups in total. The highest BCUT2D eigenvalue weighted by Crippen LogP contribution is 2.35. The van der Waals surface area contributed by atoms with Gasteiger partial charge in [-0.1, -0.05) is 29.0 Å². The number of nitrogens with one attached hydrogen (secondary N) is 1. The number of benzene rings is 2. The van der Waals surface area contributed by atoms with Crippen LogP contribution in [0.15, 0.2) is 36.4 Å². The molecule has 0 atom stereocenters. The van der Waals surface area contributed by atoms with Crippen LogP contribution in [0.25, 0.3) is 10.2 Å². The van der Waals surface area contributed by atoms with Gasteiger partial charge in [-0.15, -0.1) is 0 Å². The highest BCUT2D eigenvalue weighted by molar-refractivity contribution is 7.22. The van der Waals surface area contributed by atoms with Crippen LogP contribution in [0, 0.1) is 6.92 Å². The second kappa shape index (κ2) is 8.47. The molecule has 1 aromatic heterocycles. The highest BCUT2D eigenvalue weighted by Gasteiger charge is 2.24. The van der Waals surface area contributed by atoms with Crippen LogP contribution in [0.1, 0.15) is 12.5 Å². The zero-order valence-electron chi connectivity index (χ0n) is 16.4. The molecule has 8 heteroatoms. The standard InChI is InChI=1S/C21H23ClN4O2S/c1-3-28-16-7-5-15(6-8-16)23-20(27)25-10-12-26(13-11-25)21-24-18-14(2)4-9-17(22)19(18)29-21/h4-9H,3,10-13H2,1-2H3,(H,23,27). The molecular formula is C21H23ClN4O2S. The number of carbonyl (C=O) groups excluding carboxylic acids is 1. The molecule has 1 aliphatic heterocycles. The summed E-state index contributed by atoms with van der Waals surface area (Å²) in [6.07, 6.45) is 0. The number of nitrogens with zero attached hydrogens (tertiary/aromatic N) is 3. The lowest BCUT2D eigenvalue weighted by Crippen LogP contribution is -2.50. The molecule has 2 heterocycles. The number of aromatic nitrogens is 1. The van der Waals surface area contributed by atoms with Gasteiger partial charge in [0.1, 0.15) is 5.75 Å². The van der Waals surface area contributed by atoms with E-state index in [9.17, 15) is 4.79 Å². The van der Waals surface area contributed by atoms with E-state index < -0.39 is 0 Å². The molecule has 0 radical (unpaired) electrons. The van der Waals surface area contributed by atoms with Crippen LogP contribution in [-0.4, -0.2) is 48.7 Å². The van der Waals surface area contributed by atoms with Gasteiger partial charge in [-0.2, -0.15) is 0 Å². The lowest BCUT2D eigenvalue weighted by atomic mass is 10.2. The van der Waals surface area contributed by atoms with Crippen molar-refractivity contribution in [3.63, 3.8) is 0 Å². The summed E-state index contributed by atoms with van der Waals surface area (Å²) in [5.74, 6) is 0.797. The Labute approximate surface area is 179 Å². The molecule has 0 bridgehead atoms. The Morgan fingerprint density at radius 1 is 1.17 bits per heavy atom. The second-order valence-corrected chi connectivity index (χ2v) is 8.28. The number of fused-ring (bicyclic) bond motifs is 1.